The van der Waals surface area contributed by atoms with Crippen molar-refractivity contribution in [2.75, 3.05) is 4.72 Å². The van der Waals surface area contributed by atoms with Crippen molar-refractivity contribution in [3.05, 3.63) is 57.5 Å². The summed E-state index contributed by atoms with van der Waals surface area (Å²) in [5.74, 6) is -0.198. The Kier molecular flexibility index (Phi) is 5.88. The highest BCUT2D eigenvalue weighted by molar-refractivity contribution is 7.93. The average molecular weight is 423 g/mol. The Balaban J connectivity index is 1.60. The van der Waals surface area contributed by atoms with Crippen LogP contribution in [0.25, 0.3) is 0 Å². The molecular weight excluding hydrogens is 404 g/mol. The van der Waals surface area contributed by atoms with Gasteiger partial charge >= 0.3 is 0 Å². The minimum atomic E-state index is -3.69. The summed E-state index contributed by atoms with van der Waals surface area (Å²) in [4.78, 5) is 20.9. The summed E-state index contributed by atoms with van der Waals surface area (Å²) >= 11 is 2.67. The second-order valence-electron chi connectivity index (χ2n) is 5.82. The topological polar surface area (TPSA) is 101 Å². The van der Waals surface area contributed by atoms with Gasteiger partial charge in [0.2, 0.25) is 5.91 Å². The summed E-state index contributed by atoms with van der Waals surface area (Å²) in [6.07, 6.45) is 0.0665. The third-order valence-electron chi connectivity index (χ3n) is 3.63. The van der Waals surface area contributed by atoms with E-state index in [1.165, 1.54) is 23.5 Å². The van der Waals surface area contributed by atoms with E-state index >= 15 is 0 Å². The second kappa shape index (κ2) is 8.15. The number of amides is 1. The fourth-order valence-corrected chi connectivity index (χ4v) is 5.01. The third-order valence-corrected chi connectivity index (χ3v) is 6.71. The molecule has 0 aliphatic carbocycles. The fourth-order valence-electron chi connectivity index (χ4n) is 2.32. The number of nitrogens with one attached hydrogen (secondary N) is 2. The normalized spacial score (nSPS) is 12.5. The Morgan fingerprint density at radius 1 is 1.15 bits per heavy atom. The zero-order valence-corrected chi connectivity index (χ0v) is 17.1. The molecule has 1 aromatic carbocycles. The van der Waals surface area contributed by atoms with Crippen LogP contribution in [-0.2, 0) is 21.2 Å². The summed E-state index contributed by atoms with van der Waals surface area (Å²) in [5, 5.41) is 7.63. The molecule has 2 aromatic heterocycles. The minimum Gasteiger partial charge on any atom is -0.348 e. The molecule has 1 unspecified atom stereocenters. The summed E-state index contributed by atoms with van der Waals surface area (Å²) < 4.78 is 27.1. The quantitative estimate of drug-likeness (QED) is 0.609. The minimum absolute atomic E-state index is 0.0665. The number of rotatable bonds is 7. The molecule has 0 bridgehead atoms. The molecule has 0 aliphatic rings. The van der Waals surface area contributed by atoms with Gasteiger partial charge in [-0.2, -0.15) is 0 Å². The Bertz CT molecular complexity index is 1030. The van der Waals surface area contributed by atoms with E-state index in [9.17, 15) is 13.2 Å². The summed E-state index contributed by atoms with van der Waals surface area (Å²) in [5.41, 5.74) is 1.32. The molecule has 3 rings (SSSR count). The number of carbonyl (C=O) groups excluding carboxylic acids is 1. The smallest absolute Gasteiger partial charge is 0.263 e. The first-order valence-electron chi connectivity index (χ1n) is 8.07. The Morgan fingerprint density at radius 3 is 2.56 bits per heavy atom. The van der Waals surface area contributed by atoms with Crippen LogP contribution in [0, 0.1) is 6.92 Å². The van der Waals surface area contributed by atoms with Gasteiger partial charge < -0.3 is 5.32 Å². The third kappa shape index (κ3) is 5.12. The number of aryl methyl sites for hydroxylation is 1. The van der Waals surface area contributed by atoms with Crippen LogP contribution in [0.2, 0.25) is 0 Å². The van der Waals surface area contributed by atoms with Crippen LogP contribution in [-0.4, -0.2) is 24.3 Å². The maximum Gasteiger partial charge on any atom is 0.263 e. The van der Waals surface area contributed by atoms with E-state index in [-0.39, 0.29) is 28.4 Å². The molecule has 0 saturated heterocycles. The fraction of sp³-hybridized carbons (Fsp3) is 0.235. The highest BCUT2D eigenvalue weighted by Crippen LogP contribution is 2.21. The molecule has 0 saturated carbocycles. The standard InChI is InChI=1S/C17H18N4O3S3/c1-11(15-10-25-12(2)19-15)18-16(22)8-13-9-26-17(20-13)21-27(23,24)14-6-4-3-5-7-14/h3-7,9-11H,8H2,1-2H3,(H,18,22)(H,20,21). The Labute approximate surface area is 165 Å². The van der Waals surface area contributed by atoms with Gasteiger partial charge in [0.15, 0.2) is 5.13 Å². The first-order valence-corrected chi connectivity index (χ1v) is 11.3. The maximum atomic E-state index is 12.3. The van der Waals surface area contributed by atoms with Gasteiger partial charge in [-0.05, 0) is 26.0 Å². The monoisotopic (exact) mass is 422 g/mol. The predicted molar refractivity (Wildman–Crippen MR) is 106 cm³/mol. The molecule has 1 atom stereocenters. The molecule has 3 aromatic rings. The van der Waals surface area contributed by atoms with Gasteiger partial charge in [-0.25, -0.2) is 18.4 Å². The number of benzene rings is 1. The molecular formula is C17H18N4O3S3. The second-order valence-corrected chi connectivity index (χ2v) is 9.42. The van der Waals surface area contributed by atoms with Crippen LogP contribution in [0.5, 0.6) is 0 Å². The number of nitrogens with zero attached hydrogens (tertiary/aromatic N) is 2. The van der Waals surface area contributed by atoms with E-state index in [4.69, 9.17) is 0 Å². The van der Waals surface area contributed by atoms with Crippen LogP contribution in [0.4, 0.5) is 5.13 Å². The molecule has 27 heavy (non-hydrogen) atoms. The van der Waals surface area contributed by atoms with Crippen molar-refractivity contribution < 1.29 is 13.2 Å². The average Bonchev–Trinajstić information content (AvgIpc) is 3.24. The summed E-state index contributed by atoms with van der Waals surface area (Å²) in [6, 6.07) is 7.86. The van der Waals surface area contributed by atoms with Crippen LogP contribution in [0.1, 0.15) is 29.4 Å². The number of sulfonamides is 1. The first kappa shape index (κ1) is 19.5. The van der Waals surface area contributed by atoms with Crippen LogP contribution >= 0.6 is 22.7 Å². The molecule has 0 aliphatic heterocycles. The van der Waals surface area contributed by atoms with E-state index < -0.39 is 10.0 Å². The number of aromatic nitrogens is 2. The lowest BCUT2D eigenvalue weighted by molar-refractivity contribution is -0.121. The Hall–Kier alpha value is -2.30. The SMILES string of the molecule is Cc1nc(C(C)NC(=O)Cc2csc(NS(=O)(=O)c3ccccc3)n2)cs1. The van der Waals surface area contributed by atoms with Crippen molar-refractivity contribution in [1.29, 1.82) is 0 Å². The summed E-state index contributed by atoms with van der Waals surface area (Å²) in [7, 11) is -3.69. The van der Waals surface area contributed by atoms with E-state index in [2.05, 4.69) is 20.0 Å². The van der Waals surface area contributed by atoms with Gasteiger partial charge in [0, 0.05) is 10.8 Å². The molecule has 142 valence electrons. The maximum absolute atomic E-state index is 12.3. The van der Waals surface area contributed by atoms with Crippen LogP contribution < -0.4 is 10.0 Å². The lowest BCUT2D eigenvalue weighted by atomic mass is 10.2. The zero-order valence-electron chi connectivity index (χ0n) is 14.7. The Morgan fingerprint density at radius 2 is 1.89 bits per heavy atom. The van der Waals surface area contributed by atoms with Crippen LogP contribution in [0.15, 0.2) is 46.0 Å². The highest BCUT2D eigenvalue weighted by atomic mass is 32.2. The number of carbonyl (C=O) groups is 1. The molecule has 1 amide bonds. The zero-order chi connectivity index (χ0) is 19.4. The van der Waals surface area contributed by atoms with Gasteiger partial charge in [-0.15, -0.1) is 22.7 Å². The van der Waals surface area contributed by atoms with Crippen LogP contribution in [0.3, 0.4) is 0 Å². The van der Waals surface area contributed by atoms with Gasteiger partial charge in [0.1, 0.15) is 0 Å². The van der Waals surface area contributed by atoms with Crippen molar-refractivity contribution in [3.8, 4) is 0 Å². The van der Waals surface area contributed by atoms with Crippen molar-refractivity contribution in [3.63, 3.8) is 0 Å². The van der Waals surface area contributed by atoms with Crippen molar-refractivity contribution in [1.82, 2.24) is 15.3 Å². The number of thiazole rings is 2. The molecule has 2 heterocycles. The molecule has 0 fully saturated rings. The van der Waals surface area contributed by atoms with Gasteiger partial charge in [-0.1, -0.05) is 18.2 Å². The summed E-state index contributed by atoms with van der Waals surface area (Å²) in [6.45, 7) is 3.78. The lowest BCUT2D eigenvalue weighted by Gasteiger charge is -2.10. The van der Waals surface area contributed by atoms with E-state index in [1.807, 2.05) is 19.2 Å². The number of anilines is 1. The van der Waals surface area contributed by atoms with E-state index in [0.717, 1.165) is 22.0 Å². The molecule has 0 spiro atoms. The number of hydrogen-bond donors (Lipinski definition) is 2. The molecule has 0 radical (unpaired) electrons. The van der Waals surface area contributed by atoms with Crippen molar-refractivity contribution >= 4 is 43.7 Å². The van der Waals surface area contributed by atoms with E-state index in [0.29, 0.717) is 5.69 Å². The first-order chi connectivity index (χ1) is 12.8. The van der Waals surface area contributed by atoms with Gasteiger partial charge in [0.05, 0.1) is 33.8 Å². The molecule has 2 N–H and O–H groups in total. The van der Waals surface area contributed by atoms with Crippen molar-refractivity contribution in [2.45, 2.75) is 31.2 Å². The van der Waals surface area contributed by atoms with Gasteiger partial charge in [-0.3, -0.25) is 9.52 Å². The molecule has 7 nitrogen and oxygen atoms in total. The lowest BCUT2D eigenvalue weighted by Crippen LogP contribution is -2.28. The predicted octanol–water partition coefficient (Wildman–Crippen LogP) is 3.13. The molecule has 10 heteroatoms. The van der Waals surface area contributed by atoms with E-state index in [1.54, 1.807) is 23.6 Å². The van der Waals surface area contributed by atoms with Gasteiger partial charge in [0.25, 0.3) is 10.0 Å². The van der Waals surface area contributed by atoms with Crippen molar-refractivity contribution in [2.24, 2.45) is 0 Å². The highest BCUT2D eigenvalue weighted by Gasteiger charge is 2.17. The number of hydrogen-bond acceptors (Lipinski definition) is 7. The largest absolute Gasteiger partial charge is 0.348 e.